The van der Waals surface area contributed by atoms with Gasteiger partial charge in [0, 0.05) is 23.8 Å². The average Bonchev–Trinajstić information content (AvgIpc) is 2.66. The highest BCUT2D eigenvalue weighted by atomic mass is 32.2. The summed E-state index contributed by atoms with van der Waals surface area (Å²) in [5, 5.41) is 0. The van der Waals surface area contributed by atoms with Crippen molar-refractivity contribution in [1.29, 1.82) is 0 Å². The van der Waals surface area contributed by atoms with E-state index in [4.69, 9.17) is 10.5 Å². The molecule has 3 heteroatoms. The summed E-state index contributed by atoms with van der Waals surface area (Å²) in [7, 11) is 0. The molecular formula is C12H15NOS. The summed E-state index contributed by atoms with van der Waals surface area (Å²) >= 11 is 1.98. The monoisotopic (exact) mass is 221 g/mol. The molecular weight excluding hydrogens is 206 g/mol. The van der Waals surface area contributed by atoms with Gasteiger partial charge >= 0.3 is 0 Å². The molecule has 2 nitrogen and oxygen atoms in total. The van der Waals surface area contributed by atoms with Gasteiger partial charge in [-0.1, -0.05) is 18.2 Å². The maximum Gasteiger partial charge on any atom is 0.124 e. The SMILES string of the molecule is NC1CC2(CCSC2)Oc2ccccc21. The Balaban J connectivity index is 1.98. The minimum atomic E-state index is 0.0262. The zero-order valence-electron chi connectivity index (χ0n) is 8.61. The quantitative estimate of drug-likeness (QED) is 0.730. The van der Waals surface area contributed by atoms with Crippen molar-refractivity contribution in [3.8, 4) is 5.75 Å². The zero-order chi connectivity index (χ0) is 10.3. The van der Waals surface area contributed by atoms with E-state index in [0.717, 1.165) is 24.3 Å². The Hall–Kier alpha value is -0.670. The van der Waals surface area contributed by atoms with Crippen molar-refractivity contribution in [3.63, 3.8) is 0 Å². The second-order valence-electron chi connectivity index (χ2n) is 4.44. The molecule has 1 fully saturated rings. The van der Waals surface area contributed by atoms with E-state index in [-0.39, 0.29) is 11.6 Å². The molecule has 1 saturated heterocycles. The minimum Gasteiger partial charge on any atom is -0.486 e. The number of para-hydroxylation sites is 1. The van der Waals surface area contributed by atoms with Crippen molar-refractivity contribution >= 4 is 11.8 Å². The number of thioether (sulfide) groups is 1. The van der Waals surface area contributed by atoms with E-state index in [1.165, 1.54) is 11.3 Å². The van der Waals surface area contributed by atoms with Gasteiger partial charge in [0.1, 0.15) is 11.4 Å². The molecule has 0 aromatic heterocycles. The van der Waals surface area contributed by atoms with Gasteiger partial charge in [-0.15, -0.1) is 0 Å². The van der Waals surface area contributed by atoms with Crippen molar-refractivity contribution in [3.05, 3.63) is 29.8 Å². The number of hydrogen-bond acceptors (Lipinski definition) is 3. The van der Waals surface area contributed by atoms with Crippen molar-refractivity contribution < 1.29 is 4.74 Å². The summed E-state index contributed by atoms with van der Waals surface area (Å²) in [5.74, 6) is 3.29. The van der Waals surface area contributed by atoms with Crippen molar-refractivity contribution in [1.82, 2.24) is 0 Å². The van der Waals surface area contributed by atoms with Crippen LogP contribution in [0.25, 0.3) is 0 Å². The normalized spacial score (nSPS) is 33.8. The van der Waals surface area contributed by atoms with Crippen LogP contribution in [0.2, 0.25) is 0 Å². The third-order valence-corrected chi connectivity index (χ3v) is 4.53. The molecule has 80 valence electrons. The second-order valence-corrected chi connectivity index (χ2v) is 5.54. The fourth-order valence-corrected chi connectivity index (χ4v) is 3.85. The standard InChI is InChI=1S/C12H15NOS/c13-10-7-12(5-6-15-8-12)14-11-4-2-1-3-9(10)11/h1-4,10H,5-8,13H2. The third kappa shape index (κ3) is 1.54. The van der Waals surface area contributed by atoms with E-state index in [1.807, 2.05) is 30.0 Å². The van der Waals surface area contributed by atoms with Crippen LogP contribution in [0.4, 0.5) is 0 Å². The molecule has 2 atom stereocenters. The molecule has 0 saturated carbocycles. The number of nitrogens with two attached hydrogens (primary N) is 1. The highest BCUT2D eigenvalue weighted by Crippen LogP contribution is 2.44. The number of benzene rings is 1. The van der Waals surface area contributed by atoms with E-state index in [9.17, 15) is 0 Å². The molecule has 2 heterocycles. The van der Waals surface area contributed by atoms with Gasteiger partial charge in [-0.25, -0.2) is 0 Å². The molecule has 0 amide bonds. The third-order valence-electron chi connectivity index (χ3n) is 3.30. The predicted octanol–water partition coefficient (Wildman–Crippen LogP) is 2.34. The van der Waals surface area contributed by atoms with E-state index in [1.54, 1.807) is 0 Å². The lowest BCUT2D eigenvalue weighted by molar-refractivity contribution is 0.0616. The molecule has 1 spiro atoms. The largest absolute Gasteiger partial charge is 0.486 e. The van der Waals surface area contributed by atoms with Crippen molar-refractivity contribution in [2.24, 2.45) is 5.73 Å². The van der Waals surface area contributed by atoms with Gasteiger partial charge in [-0.2, -0.15) is 11.8 Å². The van der Waals surface area contributed by atoms with Crippen LogP contribution >= 0.6 is 11.8 Å². The predicted molar refractivity (Wildman–Crippen MR) is 63.3 cm³/mol. The van der Waals surface area contributed by atoms with E-state index in [0.29, 0.717) is 0 Å². The molecule has 2 N–H and O–H groups in total. The molecule has 1 aromatic carbocycles. The molecule has 0 bridgehead atoms. The number of hydrogen-bond donors (Lipinski definition) is 1. The minimum absolute atomic E-state index is 0.0262. The Morgan fingerprint density at radius 2 is 2.27 bits per heavy atom. The van der Waals surface area contributed by atoms with Crippen LogP contribution < -0.4 is 10.5 Å². The van der Waals surface area contributed by atoms with Crippen LogP contribution in [0.15, 0.2) is 24.3 Å². The van der Waals surface area contributed by atoms with Gasteiger partial charge < -0.3 is 10.5 Å². The summed E-state index contributed by atoms with van der Waals surface area (Å²) in [6.45, 7) is 0. The Labute approximate surface area is 94.2 Å². The van der Waals surface area contributed by atoms with E-state index < -0.39 is 0 Å². The molecule has 2 aliphatic heterocycles. The van der Waals surface area contributed by atoms with Gasteiger partial charge in [0.2, 0.25) is 0 Å². The number of rotatable bonds is 0. The first-order valence-corrected chi connectivity index (χ1v) is 6.56. The van der Waals surface area contributed by atoms with E-state index in [2.05, 4.69) is 6.07 Å². The lowest BCUT2D eigenvalue weighted by Crippen LogP contribution is -2.42. The summed E-state index contributed by atoms with van der Waals surface area (Å²) in [4.78, 5) is 0. The molecule has 15 heavy (non-hydrogen) atoms. The van der Waals surface area contributed by atoms with E-state index >= 15 is 0 Å². The summed E-state index contributed by atoms with van der Waals surface area (Å²) in [6, 6.07) is 8.32. The van der Waals surface area contributed by atoms with Gasteiger partial charge in [-0.3, -0.25) is 0 Å². The zero-order valence-corrected chi connectivity index (χ0v) is 9.43. The van der Waals surface area contributed by atoms with Crippen LogP contribution in [-0.4, -0.2) is 17.1 Å². The highest BCUT2D eigenvalue weighted by molar-refractivity contribution is 7.99. The molecule has 3 rings (SSSR count). The average molecular weight is 221 g/mol. The highest BCUT2D eigenvalue weighted by Gasteiger charge is 2.42. The van der Waals surface area contributed by atoms with Gasteiger partial charge in [0.05, 0.1) is 0 Å². The maximum atomic E-state index is 6.21. The van der Waals surface area contributed by atoms with Gasteiger partial charge in [-0.05, 0) is 18.2 Å². The number of ether oxygens (including phenoxy) is 1. The summed E-state index contributed by atoms with van der Waals surface area (Å²) in [6.07, 6.45) is 2.11. The molecule has 0 aliphatic carbocycles. The van der Waals surface area contributed by atoms with Gasteiger partial charge in [0.25, 0.3) is 0 Å². The number of fused-ring (bicyclic) bond motifs is 1. The fourth-order valence-electron chi connectivity index (χ4n) is 2.50. The summed E-state index contributed by atoms with van der Waals surface area (Å²) < 4.78 is 6.15. The molecule has 2 aliphatic rings. The lowest BCUT2D eigenvalue weighted by Gasteiger charge is -2.38. The van der Waals surface area contributed by atoms with Crippen molar-refractivity contribution in [2.45, 2.75) is 24.5 Å². The molecule has 1 aromatic rings. The van der Waals surface area contributed by atoms with Gasteiger partial charge in [0.15, 0.2) is 0 Å². The van der Waals surface area contributed by atoms with Crippen LogP contribution in [0, 0.1) is 0 Å². The van der Waals surface area contributed by atoms with Crippen LogP contribution in [0.5, 0.6) is 5.75 Å². The first-order chi connectivity index (χ1) is 7.29. The Bertz CT molecular complexity index is 374. The Morgan fingerprint density at radius 3 is 3.07 bits per heavy atom. The summed E-state index contributed by atoms with van der Waals surface area (Å²) in [5.41, 5.74) is 7.40. The van der Waals surface area contributed by atoms with Crippen LogP contribution in [-0.2, 0) is 0 Å². The molecule has 2 unspecified atom stereocenters. The van der Waals surface area contributed by atoms with Crippen LogP contribution in [0.1, 0.15) is 24.4 Å². The fraction of sp³-hybridized carbons (Fsp3) is 0.500. The topological polar surface area (TPSA) is 35.2 Å². The second kappa shape index (κ2) is 3.42. The van der Waals surface area contributed by atoms with Crippen LogP contribution in [0.3, 0.4) is 0 Å². The first kappa shape index (κ1) is 9.55. The smallest absolute Gasteiger partial charge is 0.124 e. The maximum absolute atomic E-state index is 6.21. The lowest BCUT2D eigenvalue weighted by atomic mass is 9.87. The first-order valence-electron chi connectivity index (χ1n) is 5.40. The Kier molecular flexibility index (Phi) is 2.18. The Morgan fingerprint density at radius 1 is 1.40 bits per heavy atom. The molecule has 0 radical (unpaired) electrons. The van der Waals surface area contributed by atoms with Crippen molar-refractivity contribution in [2.75, 3.05) is 11.5 Å².